The van der Waals surface area contributed by atoms with Gasteiger partial charge in [0.25, 0.3) is 0 Å². The Morgan fingerprint density at radius 3 is 2.90 bits per heavy atom. The lowest BCUT2D eigenvalue weighted by Gasteiger charge is -2.07. The Morgan fingerprint density at radius 1 is 1.50 bits per heavy atom. The highest BCUT2D eigenvalue weighted by molar-refractivity contribution is 7.99. The second kappa shape index (κ2) is 6.53. The number of rotatable bonds is 6. The summed E-state index contributed by atoms with van der Waals surface area (Å²) >= 11 is 1.29. The maximum atomic E-state index is 11.3. The first-order valence-corrected chi connectivity index (χ1v) is 6.85. The van der Waals surface area contributed by atoms with Gasteiger partial charge in [0, 0.05) is 26.8 Å². The lowest BCUT2D eigenvalue weighted by atomic mass is 10.5. The van der Waals surface area contributed by atoms with E-state index in [-0.39, 0.29) is 5.69 Å². The molecule has 0 aliphatic carbocycles. The molecule has 0 saturated heterocycles. The van der Waals surface area contributed by atoms with Crippen molar-refractivity contribution in [1.82, 2.24) is 24.7 Å². The number of nitrogens with one attached hydrogen (secondary N) is 2. The first kappa shape index (κ1) is 14.5. The summed E-state index contributed by atoms with van der Waals surface area (Å²) in [7, 11) is 3.24. The Kier molecular flexibility index (Phi) is 4.74. The van der Waals surface area contributed by atoms with Gasteiger partial charge in [0.05, 0.1) is 0 Å². The van der Waals surface area contributed by atoms with E-state index in [0.717, 1.165) is 12.4 Å². The third-order valence-corrected chi connectivity index (χ3v) is 3.38. The first-order chi connectivity index (χ1) is 9.63. The lowest BCUT2D eigenvalue weighted by molar-refractivity contribution is 0.177. The van der Waals surface area contributed by atoms with E-state index in [1.165, 1.54) is 16.3 Å². The number of H-pyrrole nitrogens is 1. The molecule has 0 radical (unpaired) electrons. The molecular formula is C11H16N6O2S. The largest absolute Gasteiger partial charge is 0.377 e. The Balaban J connectivity index is 2.29. The monoisotopic (exact) mass is 296 g/mol. The fraction of sp³-hybridized carbons (Fsp3) is 0.455. The molecule has 0 spiro atoms. The molecule has 0 amide bonds. The van der Waals surface area contributed by atoms with Crippen LogP contribution in [0.3, 0.4) is 0 Å². The van der Waals surface area contributed by atoms with Crippen molar-refractivity contribution < 1.29 is 4.74 Å². The van der Waals surface area contributed by atoms with Crippen LogP contribution in [0.1, 0.15) is 12.7 Å². The van der Waals surface area contributed by atoms with Gasteiger partial charge in [0.2, 0.25) is 0 Å². The normalized spacial score (nSPS) is 10.8. The number of ether oxygens (including phenoxy) is 1. The second-order valence-corrected chi connectivity index (χ2v) is 4.93. The number of hydrogen-bond acceptors (Lipinski definition) is 7. The molecule has 0 unspecified atom stereocenters. The summed E-state index contributed by atoms with van der Waals surface area (Å²) in [6.45, 7) is 3.07. The van der Waals surface area contributed by atoms with E-state index in [9.17, 15) is 4.79 Å². The van der Waals surface area contributed by atoms with Crippen molar-refractivity contribution in [3.8, 4) is 0 Å². The van der Waals surface area contributed by atoms with Gasteiger partial charge >= 0.3 is 5.69 Å². The van der Waals surface area contributed by atoms with Gasteiger partial charge in [-0.3, -0.25) is 4.57 Å². The van der Waals surface area contributed by atoms with Crippen molar-refractivity contribution in [3.05, 3.63) is 22.4 Å². The average Bonchev–Trinajstić information content (AvgIpc) is 2.71. The molecule has 0 aromatic carbocycles. The van der Waals surface area contributed by atoms with Gasteiger partial charge in [0.15, 0.2) is 11.0 Å². The van der Waals surface area contributed by atoms with Crippen LogP contribution in [0.15, 0.2) is 21.0 Å². The maximum Gasteiger partial charge on any atom is 0.343 e. The summed E-state index contributed by atoms with van der Waals surface area (Å²) in [6.07, 6.45) is 0. The molecular weight excluding hydrogens is 280 g/mol. The Labute approximate surface area is 120 Å². The van der Waals surface area contributed by atoms with E-state index < -0.39 is 0 Å². The molecule has 2 heterocycles. The van der Waals surface area contributed by atoms with Gasteiger partial charge in [-0.15, -0.1) is 5.10 Å². The summed E-state index contributed by atoms with van der Waals surface area (Å²) < 4.78 is 6.48. The summed E-state index contributed by atoms with van der Waals surface area (Å²) in [5, 5.41) is 10.7. The number of aromatic amines is 1. The lowest BCUT2D eigenvalue weighted by Crippen LogP contribution is -2.13. The fourth-order valence-corrected chi connectivity index (χ4v) is 2.33. The van der Waals surface area contributed by atoms with Gasteiger partial charge in [-0.2, -0.15) is 0 Å². The molecule has 20 heavy (non-hydrogen) atoms. The van der Waals surface area contributed by atoms with Crippen LogP contribution < -0.4 is 11.0 Å². The summed E-state index contributed by atoms with van der Waals surface area (Å²) in [5.74, 6) is 1.30. The molecule has 8 nitrogen and oxygen atoms in total. The molecule has 0 atom stereocenters. The van der Waals surface area contributed by atoms with Crippen LogP contribution in [0, 0.1) is 0 Å². The first-order valence-electron chi connectivity index (χ1n) is 6.04. The standard InChI is InChI=1S/C11H16N6O2S/c1-4-12-7-5-9(14-8(13-7)6-19-3)20-11-16-15-10(18)17(11)2/h5H,4,6H2,1-3H3,(H,15,18)(H,12,13,14). The maximum absolute atomic E-state index is 11.3. The molecule has 0 bridgehead atoms. The van der Waals surface area contributed by atoms with Gasteiger partial charge in [-0.25, -0.2) is 19.9 Å². The molecule has 2 N–H and O–H groups in total. The van der Waals surface area contributed by atoms with Crippen molar-refractivity contribution in [2.24, 2.45) is 7.05 Å². The molecule has 0 aliphatic heterocycles. The Hall–Kier alpha value is -1.87. The van der Waals surface area contributed by atoms with Crippen LogP contribution in [0.5, 0.6) is 0 Å². The van der Waals surface area contributed by atoms with Crippen LogP contribution in [0.4, 0.5) is 5.82 Å². The smallest absolute Gasteiger partial charge is 0.343 e. The zero-order chi connectivity index (χ0) is 14.5. The van der Waals surface area contributed by atoms with E-state index in [2.05, 4.69) is 25.5 Å². The Bertz CT molecular complexity index is 614. The predicted molar refractivity (Wildman–Crippen MR) is 74.9 cm³/mol. The molecule has 0 fully saturated rings. The highest BCUT2D eigenvalue weighted by Crippen LogP contribution is 2.24. The molecule has 9 heteroatoms. The van der Waals surface area contributed by atoms with Crippen molar-refractivity contribution in [1.29, 1.82) is 0 Å². The number of hydrogen-bond donors (Lipinski definition) is 2. The second-order valence-electron chi connectivity index (χ2n) is 3.94. The highest BCUT2D eigenvalue weighted by Gasteiger charge is 2.10. The van der Waals surface area contributed by atoms with Gasteiger partial charge in [0.1, 0.15) is 17.5 Å². The van der Waals surface area contributed by atoms with E-state index in [4.69, 9.17) is 4.74 Å². The number of nitrogens with zero attached hydrogens (tertiary/aromatic N) is 4. The number of anilines is 1. The third-order valence-electron chi connectivity index (χ3n) is 2.41. The zero-order valence-corrected chi connectivity index (χ0v) is 12.3. The molecule has 2 aromatic rings. The van der Waals surface area contributed by atoms with Crippen molar-refractivity contribution in [2.45, 2.75) is 23.7 Å². The average molecular weight is 296 g/mol. The van der Waals surface area contributed by atoms with E-state index >= 15 is 0 Å². The van der Waals surface area contributed by atoms with Crippen LogP contribution in [0.25, 0.3) is 0 Å². The summed E-state index contributed by atoms with van der Waals surface area (Å²) in [4.78, 5) is 20.0. The summed E-state index contributed by atoms with van der Waals surface area (Å²) in [6, 6.07) is 1.81. The fourth-order valence-electron chi connectivity index (χ4n) is 1.51. The SMILES string of the molecule is CCNc1cc(Sc2n[nH]c(=O)n2C)nc(COC)n1. The van der Waals surface area contributed by atoms with Crippen molar-refractivity contribution in [2.75, 3.05) is 19.0 Å². The number of methoxy groups -OCH3 is 1. The third kappa shape index (κ3) is 3.36. The zero-order valence-electron chi connectivity index (χ0n) is 11.5. The minimum Gasteiger partial charge on any atom is -0.377 e. The molecule has 108 valence electrons. The molecule has 2 rings (SSSR count). The highest BCUT2D eigenvalue weighted by atomic mass is 32.2. The topological polar surface area (TPSA) is 97.7 Å². The van der Waals surface area contributed by atoms with Gasteiger partial charge in [-0.1, -0.05) is 0 Å². The minimum atomic E-state index is -0.259. The summed E-state index contributed by atoms with van der Waals surface area (Å²) in [5.41, 5.74) is -0.259. The van der Waals surface area contributed by atoms with Gasteiger partial charge in [-0.05, 0) is 18.7 Å². The molecule has 0 saturated carbocycles. The van der Waals surface area contributed by atoms with Crippen LogP contribution in [-0.4, -0.2) is 38.4 Å². The predicted octanol–water partition coefficient (Wildman–Crippen LogP) is 0.628. The van der Waals surface area contributed by atoms with Crippen LogP contribution in [-0.2, 0) is 18.4 Å². The Morgan fingerprint density at radius 2 is 2.30 bits per heavy atom. The van der Waals surface area contributed by atoms with Crippen LogP contribution >= 0.6 is 11.8 Å². The number of aromatic nitrogens is 5. The van der Waals surface area contributed by atoms with E-state index in [1.54, 1.807) is 14.2 Å². The van der Waals surface area contributed by atoms with Crippen molar-refractivity contribution >= 4 is 17.6 Å². The molecule has 0 aliphatic rings. The minimum absolute atomic E-state index is 0.259. The van der Waals surface area contributed by atoms with E-state index in [1.807, 2.05) is 13.0 Å². The van der Waals surface area contributed by atoms with Gasteiger partial charge < -0.3 is 10.1 Å². The quantitative estimate of drug-likeness (QED) is 0.754. The molecule has 2 aromatic heterocycles. The van der Waals surface area contributed by atoms with Crippen molar-refractivity contribution in [3.63, 3.8) is 0 Å². The van der Waals surface area contributed by atoms with E-state index in [0.29, 0.717) is 22.6 Å². The van der Waals surface area contributed by atoms with Crippen LogP contribution in [0.2, 0.25) is 0 Å².